The molecule has 1 aromatic heterocycles. The van der Waals surface area contributed by atoms with Crippen molar-refractivity contribution in [1.82, 2.24) is 20.6 Å². The van der Waals surface area contributed by atoms with Gasteiger partial charge in [-0.2, -0.15) is 0 Å². The highest BCUT2D eigenvalue weighted by Gasteiger charge is 2.29. The van der Waals surface area contributed by atoms with E-state index in [9.17, 15) is 24.3 Å². The van der Waals surface area contributed by atoms with Gasteiger partial charge in [-0.05, 0) is 19.4 Å². The van der Waals surface area contributed by atoms with Crippen molar-refractivity contribution in [1.29, 1.82) is 1.43 Å². The molecule has 1 aromatic rings. The summed E-state index contributed by atoms with van der Waals surface area (Å²) in [5.41, 5.74) is 7.92. The first-order valence-corrected chi connectivity index (χ1v) is 8.66. The number of rotatable bonds is 14. The van der Waals surface area contributed by atoms with Gasteiger partial charge >= 0.3 is 11.9 Å². The molecule has 0 aliphatic carbocycles. The maximum atomic E-state index is 12.6. The Morgan fingerprint density at radius 1 is 1.25 bits per heavy atom. The third-order valence-corrected chi connectivity index (χ3v) is 3.86. The lowest BCUT2D eigenvalue weighted by atomic mass is 10.1. The number of aromatic nitrogens is 2. The van der Waals surface area contributed by atoms with Crippen LogP contribution in [-0.2, 0) is 25.6 Å². The number of unbranched alkanes of at least 4 members (excludes halogenated alkanes) is 1. The van der Waals surface area contributed by atoms with Gasteiger partial charge in [0.2, 0.25) is 11.8 Å². The maximum absolute atomic E-state index is 12.6. The number of amides is 2. The Labute approximate surface area is 164 Å². The van der Waals surface area contributed by atoms with Crippen LogP contribution in [0.1, 0.15) is 31.4 Å². The number of hydrogen-bond donors (Lipinski definition) is 7. The molecule has 0 saturated heterocycles. The number of H-pyrrole nitrogens is 1. The van der Waals surface area contributed by atoms with Crippen LogP contribution in [0.25, 0.3) is 1.43 Å². The summed E-state index contributed by atoms with van der Waals surface area (Å²) in [5.74, 6) is -4.13. The minimum Gasteiger partial charge on any atom is -0.481 e. The highest BCUT2D eigenvalue weighted by molar-refractivity contribution is 5.93. The molecule has 1 heterocycles. The van der Waals surface area contributed by atoms with Gasteiger partial charge in [0, 0.05) is 18.3 Å². The summed E-state index contributed by atoms with van der Waals surface area (Å²) in [6, 6.07) is -3.83. The van der Waals surface area contributed by atoms with Gasteiger partial charge in [0.1, 0.15) is 13.5 Å². The second kappa shape index (κ2) is 11.7. The lowest BCUT2D eigenvalue weighted by Gasteiger charge is -2.21. The first-order valence-electron chi connectivity index (χ1n) is 9.57. The Morgan fingerprint density at radius 2 is 2.00 bits per heavy atom. The van der Waals surface area contributed by atoms with Crippen LogP contribution in [0.2, 0.25) is 1.41 Å². The lowest BCUT2D eigenvalue weighted by Crippen LogP contribution is -2.55. The topological polar surface area (TPSA) is 214 Å². The number of carbonyl (C=O) groups is 4. The van der Waals surface area contributed by atoms with Gasteiger partial charge in [0.15, 0.2) is 0 Å². The van der Waals surface area contributed by atoms with E-state index in [0.29, 0.717) is 25.1 Å². The van der Waals surface area contributed by atoms with Gasteiger partial charge in [-0.3, -0.25) is 14.4 Å². The molecule has 28 heavy (non-hydrogen) atoms. The summed E-state index contributed by atoms with van der Waals surface area (Å²) in [6.45, 7) is 0.416. The quantitative estimate of drug-likeness (QED) is 0.171. The van der Waals surface area contributed by atoms with E-state index in [1.54, 1.807) is 0 Å². The molecule has 3 atom stereocenters. The highest BCUT2D eigenvalue weighted by atomic mass is 16.4. The highest BCUT2D eigenvalue weighted by Crippen LogP contribution is 2.03. The molecule has 0 unspecified atom stereocenters. The largest absolute Gasteiger partial charge is 0.481 e. The van der Waals surface area contributed by atoms with Crippen molar-refractivity contribution in [2.75, 3.05) is 6.54 Å². The molecule has 156 valence electrons. The Balaban J connectivity index is 2.85. The van der Waals surface area contributed by atoms with Crippen LogP contribution in [0.3, 0.4) is 0 Å². The van der Waals surface area contributed by atoms with E-state index in [0.717, 1.165) is 0 Å². The molecule has 0 aliphatic heterocycles. The lowest BCUT2D eigenvalue weighted by molar-refractivity contribution is -0.143. The van der Waals surface area contributed by atoms with Crippen LogP contribution < -0.4 is 22.1 Å². The molecule has 0 fully saturated rings. The van der Waals surface area contributed by atoms with E-state index >= 15 is 0 Å². The molecular formula is C16H26N6O6. The standard InChI is InChI=1S/C16H26N6O6/c17-4-2-1-3-10(18)14(25)21-11(6-13(23)24)15(26)22-12(16(27)28)5-9-7-19-8-20-9/h7-8,10-12H,1-6,17-18H2,(H,19,20)(H,21,25)(H,22,26)(H,23,24)(H,27,28)/t10-,11-,12+/m1/s1/i/hD2. The summed E-state index contributed by atoms with van der Waals surface area (Å²) in [7, 11) is 0. The first kappa shape index (κ1) is 19.8. The van der Waals surface area contributed by atoms with Gasteiger partial charge in [0.25, 0.3) is 1.43 Å². The normalized spacial score (nSPS) is 14.8. The second-order valence-corrected chi connectivity index (χ2v) is 6.15. The molecule has 0 saturated carbocycles. The van der Waals surface area contributed by atoms with E-state index in [-0.39, 0.29) is 12.8 Å². The van der Waals surface area contributed by atoms with E-state index in [4.69, 9.17) is 8.58 Å². The number of carboxylic acids is 2. The fourth-order valence-corrected chi connectivity index (χ4v) is 2.36. The number of nitrogens with one attached hydrogen (secondary N) is 3. The summed E-state index contributed by atoms with van der Waals surface area (Å²) < 4.78 is 13.9. The molecule has 0 bridgehead atoms. The molecule has 12 heteroatoms. The van der Waals surface area contributed by atoms with Crippen molar-refractivity contribution in [2.24, 2.45) is 11.5 Å². The molecular weight excluding hydrogens is 372 g/mol. The fraction of sp³-hybridized carbons (Fsp3) is 0.562. The molecule has 9 N–H and O–H groups in total. The van der Waals surface area contributed by atoms with Crippen LogP contribution >= 0.6 is 0 Å². The first-order chi connectivity index (χ1) is 14.3. The predicted molar refractivity (Wildman–Crippen MR) is 96.9 cm³/mol. The molecule has 0 spiro atoms. The van der Waals surface area contributed by atoms with Crippen molar-refractivity contribution in [3.63, 3.8) is 0 Å². The molecule has 2 amide bonds. The van der Waals surface area contributed by atoms with E-state index in [1.807, 2.05) is 0 Å². The minimum absolute atomic E-state index is 0.110. The Kier molecular flexibility index (Phi) is 8.23. The number of aromatic amines is 1. The zero-order chi connectivity index (χ0) is 22.5. The number of carbonyl (C=O) groups excluding carboxylic acids is 2. The van der Waals surface area contributed by atoms with Gasteiger partial charge in [-0.15, -0.1) is 0 Å². The van der Waals surface area contributed by atoms with Crippen molar-refractivity contribution in [3.05, 3.63) is 18.2 Å². The monoisotopic (exact) mass is 400 g/mol. The zero-order valence-electron chi connectivity index (χ0n) is 17.1. The average Bonchev–Trinajstić information content (AvgIpc) is 3.23. The number of nitrogens with two attached hydrogens (primary N) is 2. The zero-order valence-corrected chi connectivity index (χ0v) is 15.1. The minimum atomic E-state index is -1.50. The SMILES string of the molecule is [2H]N[C@H](CCCCN)C(=O)N[C@H](CC(=O)O[2H])C(=O)N[C@@H](Cc1cnc[nH]1)C(=O)O. The Morgan fingerprint density at radius 3 is 2.57 bits per heavy atom. The third-order valence-electron chi connectivity index (χ3n) is 3.86. The number of imidazole rings is 1. The van der Waals surface area contributed by atoms with Crippen LogP contribution in [0.5, 0.6) is 0 Å². The van der Waals surface area contributed by atoms with Crippen molar-refractivity contribution in [2.45, 2.75) is 50.2 Å². The van der Waals surface area contributed by atoms with Crippen molar-refractivity contribution >= 4 is 23.8 Å². The van der Waals surface area contributed by atoms with Gasteiger partial charge in [-0.25, -0.2) is 9.78 Å². The number of nitrogens with zero attached hydrogens (tertiary/aromatic N) is 1. The van der Waals surface area contributed by atoms with Crippen LogP contribution in [0, 0.1) is 0 Å². The van der Waals surface area contributed by atoms with Crippen LogP contribution in [0.15, 0.2) is 12.5 Å². The Bertz CT molecular complexity index is 704. The fourth-order valence-electron chi connectivity index (χ4n) is 2.36. The molecule has 12 nitrogen and oxygen atoms in total. The average molecular weight is 400 g/mol. The van der Waals surface area contributed by atoms with Gasteiger partial charge in [-0.1, -0.05) is 6.42 Å². The second-order valence-electron chi connectivity index (χ2n) is 6.15. The molecule has 0 aliphatic rings. The Hall–Kier alpha value is -2.99. The number of aliphatic carboxylic acids is 2. The van der Waals surface area contributed by atoms with E-state index in [1.165, 1.54) is 12.5 Å². The van der Waals surface area contributed by atoms with Crippen LogP contribution in [0.4, 0.5) is 0 Å². The summed E-state index contributed by atoms with van der Waals surface area (Å²) in [4.78, 5) is 54.4. The smallest absolute Gasteiger partial charge is 0.326 e. The van der Waals surface area contributed by atoms with Crippen LogP contribution in [-0.4, -0.2) is 68.6 Å². The number of carboxylic acid groups (broad SMARTS) is 2. The summed E-state index contributed by atoms with van der Waals surface area (Å²) in [5, 5.41) is 17.7. The van der Waals surface area contributed by atoms with Crippen molar-refractivity contribution in [3.8, 4) is 0 Å². The van der Waals surface area contributed by atoms with E-state index in [2.05, 4.69) is 31.4 Å². The van der Waals surface area contributed by atoms with E-state index < -0.39 is 48.3 Å². The van der Waals surface area contributed by atoms with Crippen molar-refractivity contribution < 1.29 is 30.8 Å². The van der Waals surface area contributed by atoms with Gasteiger partial charge in [0.05, 0.1) is 18.8 Å². The maximum Gasteiger partial charge on any atom is 0.326 e. The summed E-state index contributed by atoms with van der Waals surface area (Å²) >= 11 is 0. The number of hydrogen-bond acceptors (Lipinski definition) is 8. The molecule has 0 radical (unpaired) electrons. The molecule has 1 rings (SSSR count). The summed E-state index contributed by atoms with van der Waals surface area (Å²) in [6.07, 6.45) is 3.39. The molecule has 0 aromatic carbocycles. The van der Waals surface area contributed by atoms with Gasteiger partial charge < -0.3 is 37.3 Å². The predicted octanol–water partition coefficient (Wildman–Crippen LogP) is -2.06. The third kappa shape index (κ3) is 8.14.